The van der Waals surface area contributed by atoms with Crippen LogP contribution >= 0.6 is 0 Å². The van der Waals surface area contributed by atoms with E-state index in [2.05, 4.69) is 35.8 Å². The lowest BCUT2D eigenvalue weighted by Crippen LogP contribution is -2.46. The van der Waals surface area contributed by atoms with Crippen LogP contribution in [0.4, 0.5) is 11.8 Å². The number of ether oxygens (including phenoxy) is 3. The fourth-order valence-electron chi connectivity index (χ4n) is 4.63. The molecule has 0 unspecified atom stereocenters. The first-order chi connectivity index (χ1) is 14.7. The third-order valence-corrected chi connectivity index (χ3v) is 6.45. The molecule has 2 aromatic heterocycles. The van der Waals surface area contributed by atoms with Crippen molar-refractivity contribution in [3.8, 4) is 0 Å². The van der Waals surface area contributed by atoms with Gasteiger partial charge in [-0.05, 0) is 38.8 Å². The summed E-state index contributed by atoms with van der Waals surface area (Å²) in [6, 6.07) is 4.83. The van der Waals surface area contributed by atoms with Gasteiger partial charge in [0.25, 0.3) is 0 Å². The first-order valence-electron chi connectivity index (χ1n) is 11.2. The van der Waals surface area contributed by atoms with E-state index in [4.69, 9.17) is 29.2 Å². The maximum absolute atomic E-state index is 5.67. The Labute approximate surface area is 177 Å². The van der Waals surface area contributed by atoms with Crippen molar-refractivity contribution < 1.29 is 14.2 Å². The van der Waals surface area contributed by atoms with E-state index in [1.165, 1.54) is 0 Å². The summed E-state index contributed by atoms with van der Waals surface area (Å²) in [6.45, 7) is 10.4. The first kappa shape index (κ1) is 19.9. The van der Waals surface area contributed by atoms with Crippen molar-refractivity contribution in [3.05, 3.63) is 17.8 Å². The van der Waals surface area contributed by atoms with Gasteiger partial charge in [-0.15, -0.1) is 0 Å². The first-order valence-corrected chi connectivity index (χ1v) is 11.2. The molecule has 2 aromatic rings. The highest BCUT2D eigenvalue weighted by Crippen LogP contribution is 2.32. The molecule has 2 atom stereocenters. The molecular formula is C22H31N5O3. The highest BCUT2D eigenvalue weighted by atomic mass is 16.5. The summed E-state index contributed by atoms with van der Waals surface area (Å²) in [5.41, 5.74) is 1.91. The standard InChI is InChI=1S/C22H31N5O3/c1-15-13-29-11-7-26(15)21-18-3-4-19(17-5-9-28-10-6-17)23-20(18)24-22(25-21)27-8-12-30-14-16(27)2/h3-4,15-17H,5-14H2,1-2H3/t15-,16-/m0/s1. The third kappa shape index (κ3) is 3.84. The summed E-state index contributed by atoms with van der Waals surface area (Å²) in [5, 5.41) is 1.02. The van der Waals surface area contributed by atoms with Crippen molar-refractivity contribution in [2.24, 2.45) is 0 Å². The van der Waals surface area contributed by atoms with E-state index < -0.39 is 0 Å². The molecule has 3 saturated heterocycles. The Balaban J connectivity index is 1.60. The van der Waals surface area contributed by atoms with Crippen molar-refractivity contribution in [2.45, 2.75) is 44.7 Å². The number of aromatic nitrogens is 3. The molecule has 0 amide bonds. The molecule has 30 heavy (non-hydrogen) atoms. The fraction of sp³-hybridized carbons (Fsp3) is 0.682. The monoisotopic (exact) mass is 413 g/mol. The fourth-order valence-corrected chi connectivity index (χ4v) is 4.63. The number of nitrogens with zero attached hydrogens (tertiary/aromatic N) is 5. The Morgan fingerprint density at radius 3 is 2.20 bits per heavy atom. The average Bonchev–Trinajstić information content (AvgIpc) is 2.79. The van der Waals surface area contributed by atoms with Crippen LogP contribution in [-0.4, -0.2) is 79.8 Å². The maximum atomic E-state index is 5.67. The zero-order valence-corrected chi connectivity index (χ0v) is 17.9. The number of rotatable bonds is 3. The zero-order chi connectivity index (χ0) is 20.5. The van der Waals surface area contributed by atoms with Crippen LogP contribution in [-0.2, 0) is 14.2 Å². The van der Waals surface area contributed by atoms with Gasteiger partial charge in [0.1, 0.15) is 5.82 Å². The largest absolute Gasteiger partial charge is 0.381 e. The number of hydrogen-bond acceptors (Lipinski definition) is 8. The Kier molecular flexibility index (Phi) is 5.71. The predicted molar refractivity (Wildman–Crippen MR) is 115 cm³/mol. The second-order valence-electron chi connectivity index (χ2n) is 8.58. The average molecular weight is 414 g/mol. The molecule has 3 aliphatic heterocycles. The lowest BCUT2D eigenvalue weighted by molar-refractivity contribution is 0.0845. The van der Waals surface area contributed by atoms with E-state index in [-0.39, 0.29) is 12.1 Å². The Bertz CT molecular complexity index is 888. The normalized spacial score (nSPS) is 26.3. The van der Waals surface area contributed by atoms with Gasteiger partial charge in [0.2, 0.25) is 5.95 Å². The van der Waals surface area contributed by atoms with Crippen LogP contribution in [0.2, 0.25) is 0 Å². The predicted octanol–water partition coefficient (Wildman–Crippen LogP) is 2.37. The molecule has 5 heterocycles. The lowest BCUT2D eigenvalue weighted by Gasteiger charge is -2.37. The topological polar surface area (TPSA) is 72.8 Å². The van der Waals surface area contributed by atoms with Gasteiger partial charge < -0.3 is 24.0 Å². The number of pyridine rings is 1. The van der Waals surface area contributed by atoms with Crippen LogP contribution in [0, 0.1) is 0 Å². The minimum absolute atomic E-state index is 0.241. The molecule has 0 aliphatic carbocycles. The van der Waals surface area contributed by atoms with Gasteiger partial charge in [0, 0.05) is 37.9 Å². The van der Waals surface area contributed by atoms with E-state index in [9.17, 15) is 0 Å². The molecule has 8 heteroatoms. The Morgan fingerprint density at radius 2 is 1.50 bits per heavy atom. The van der Waals surface area contributed by atoms with Gasteiger partial charge in [-0.2, -0.15) is 9.97 Å². The molecule has 5 rings (SSSR count). The molecule has 0 saturated carbocycles. The molecule has 3 fully saturated rings. The van der Waals surface area contributed by atoms with E-state index in [0.717, 1.165) is 67.6 Å². The molecule has 8 nitrogen and oxygen atoms in total. The number of morpholine rings is 2. The summed E-state index contributed by atoms with van der Waals surface area (Å²) in [6.07, 6.45) is 2.04. The van der Waals surface area contributed by atoms with Gasteiger partial charge >= 0.3 is 0 Å². The van der Waals surface area contributed by atoms with Crippen LogP contribution in [0.15, 0.2) is 12.1 Å². The van der Waals surface area contributed by atoms with E-state index in [0.29, 0.717) is 32.3 Å². The van der Waals surface area contributed by atoms with Crippen molar-refractivity contribution >= 4 is 22.8 Å². The van der Waals surface area contributed by atoms with E-state index in [1.54, 1.807) is 0 Å². The zero-order valence-electron chi connectivity index (χ0n) is 17.9. The van der Waals surface area contributed by atoms with E-state index in [1.807, 2.05) is 0 Å². The molecule has 0 spiro atoms. The van der Waals surface area contributed by atoms with Gasteiger partial charge in [-0.25, -0.2) is 4.98 Å². The maximum Gasteiger partial charge on any atom is 0.229 e. The summed E-state index contributed by atoms with van der Waals surface area (Å²) < 4.78 is 16.8. The molecule has 0 N–H and O–H groups in total. The van der Waals surface area contributed by atoms with Crippen LogP contribution in [0.3, 0.4) is 0 Å². The molecular weight excluding hydrogens is 382 g/mol. The number of anilines is 2. The van der Waals surface area contributed by atoms with Crippen LogP contribution < -0.4 is 9.80 Å². The van der Waals surface area contributed by atoms with Crippen molar-refractivity contribution in [1.29, 1.82) is 0 Å². The van der Waals surface area contributed by atoms with Gasteiger partial charge in [-0.1, -0.05) is 0 Å². The second kappa shape index (κ2) is 8.61. The SMILES string of the molecule is C[C@H]1COCCN1c1nc(N2CCOC[C@@H]2C)c2ccc(C3CCOCC3)nc2n1. The second-order valence-corrected chi connectivity index (χ2v) is 8.58. The molecule has 162 valence electrons. The Hall–Kier alpha value is -2.03. The third-order valence-electron chi connectivity index (χ3n) is 6.45. The van der Waals surface area contributed by atoms with Gasteiger partial charge in [-0.3, -0.25) is 0 Å². The Morgan fingerprint density at radius 1 is 0.800 bits per heavy atom. The minimum atomic E-state index is 0.241. The molecule has 0 radical (unpaired) electrons. The minimum Gasteiger partial charge on any atom is -0.381 e. The summed E-state index contributed by atoms with van der Waals surface area (Å²) in [4.78, 5) is 19.6. The van der Waals surface area contributed by atoms with Crippen LogP contribution in [0.25, 0.3) is 11.0 Å². The van der Waals surface area contributed by atoms with Crippen molar-refractivity contribution in [2.75, 3.05) is 62.5 Å². The molecule has 0 aromatic carbocycles. The quantitative estimate of drug-likeness (QED) is 0.759. The number of fused-ring (bicyclic) bond motifs is 1. The lowest BCUT2D eigenvalue weighted by atomic mass is 9.96. The van der Waals surface area contributed by atoms with Crippen LogP contribution in [0.5, 0.6) is 0 Å². The highest BCUT2D eigenvalue weighted by Gasteiger charge is 2.28. The summed E-state index contributed by atoms with van der Waals surface area (Å²) in [5.74, 6) is 2.16. The molecule has 0 bridgehead atoms. The highest BCUT2D eigenvalue weighted by molar-refractivity contribution is 5.88. The van der Waals surface area contributed by atoms with Crippen molar-refractivity contribution in [3.63, 3.8) is 0 Å². The smallest absolute Gasteiger partial charge is 0.229 e. The van der Waals surface area contributed by atoms with E-state index >= 15 is 0 Å². The van der Waals surface area contributed by atoms with Gasteiger partial charge in [0.05, 0.1) is 43.9 Å². The van der Waals surface area contributed by atoms with Gasteiger partial charge in [0.15, 0.2) is 5.65 Å². The van der Waals surface area contributed by atoms with Crippen LogP contribution in [0.1, 0.15) is 38.3 Å². The van der Waals surface area contributed by atoms with Crippen molar-refractivity contribution in [1.82, 2.24) is 15.0 Å². The number of hydrogen-bond donors (Lipinski definition) is 0. The molecule has 3 aliphatic rings. The summed E-state index contributed by atoms with van der Waals surface area (Å²) in [7, 11) is 0. The summed E-state index contributed by atoms with van der Waals surface area (Å²) >= 11 is 0.